The minimum absolute atomic E-state index is 0.709. The predicted octanol–water partition coefficient (Wildman–Crippen LogP) is 3.28. The summed E-state index contributed by atoms with van der Waals surface area (Å²) in [7, 11) is 3.91. The monoisotopic (exact) mass is 267 g/mol. The molecule has 0 unspecified atom stereocenters. The van der Waals surface area contributed by atoms with Crippen molar-refractivity contribution in [3.63, 3.8) is 0 Å². The lowest BCUT2D eigenvalue weighted by Gasteiger charge is -2.27. The Morgan fingerprint density at radius 1 is 1.22 bits per heavy atom. The Morgan fingerprint density at radius 3 is 2.33 bits per heavy atom. The summed E-state index contributed by atoms with van der Waals surface area (Å²) in [5, 5.41) is 0.946. The first kappa shape index (κ1) is 15.5. The molecule has 3 heteroatoms. The number of nitrogens with zero attached hydrogens (tertiary/aromatic N) is 1. The van der Waals surface area contributed by atoms with Crippen LogP contribution in [0, 0.1) is 0 Å². The standard InChI is InChI=1S/C8H10O.C7H15NS/c1-9-7-8-5-3-2-4-6-8;1-8-5-3-7(9-2)4-6-8/h2-6H,7H2,1H3;7H,3-6H2,1-2H3. The van der Waals surface area contributed by atoms with Gasteiger partial charge in [-0.25, -0.2) is 0 Å². The fourth-order valence-electron chi connectivity index (χ4n) is 1.96. The smallest absolute Gasteiger partial charge is 0.0713 e. The molecule has 2 nitrogen and oxygen atoms in total. The van der Waals surface area contributed by atoms with E-state index in [0.29, 0.717) is 6.61 Å². The molecule has 0 saturated carbocycles. The van der Waals surface area contributed by atoms with Crippen LogP contribution in [0.5, 0.6) is 0 Å². The molecule has 0 aromatic heterocycles. The van der Waals surface area contributed by atoms with Gasteiger partial charge in [-0.1, -0.05) is 30.3 Å². The van der Waals surface area contributed by atoms with Crippen molar-refractivity contribution in [3.8, 4) is 0 Å². The summed E-state index contributed by atoms with van der Waals surface area (Å²) in [6, 6.07) is 10.1. The molecule has 0 radical (unpaired) electrons. The van der Waals surface area contributed by atoms with Gasteiger partial charge >= 0.3 is 0 Å². The number of thioether (sulfide) groups is 1. The topological polar surface area (TPSA) is 12.5 Å². The van der Waals surface area contributed by atoms with Gasteiger partial charge in [0.25, 0.3) is 0 Å². The van der Waals surface area contributed by atoms with E-state index in [2.05, 4.69) is 18.2 Å². The molecule has 0 atom stereocenters. The van der Waals surface area contributed by atoms with Crippen LogP contribution in [0.4, 0.5) is 0 Å². The Hall–Kier alpha value is -0.510. The second kappa shape index (κ2) is 9.42. The maximum absolute atomic E-state index is 4.93. The molecule has 0 aliphatic carbocycles. The average Bonchev–Trinajstić information content (AvgIpc) is 2.42. The summed E-state index contributed by atoms with van der Waals surface area (Å²) in [5.74, 6) is 0. The van der Waals surface area contributed by atoms with Gasteiger partial charge < -0.3 is 9.64 Å². The molecular formula is C15H25NOS. The van der Waals surface area contributed by atoms with Crippen LogP contribution >= 0.6 is 11.8 Å². The third-order valence-corrected chi connectivity index (χ3v) is 4.29. The van der Waals surface area contributed by atoms with Gasteiger partial charge in [0.2, 0.25) is 0 Å². The van der Waals surface area contributed by atoms with E-state index in [9.17, 15) is 0 Å². The van der Waals surface area contributed by atoms with Crippen molar-refractivity contribution in [2.24, 2.45) is 0 Å². The van der Waals surface area contributed by atoms with Crippen molar-refractivity contribution >= 4 is 11.8 Å². The lowest BCUT2D eigenvalue weighted by molar-refractivity contribution is 0.185. The molecule has 2 rings (SSSR count). The Bertz CT molecular complexity index is 297. The summed E-state index contributed by atoms with van der Waals surface area (Å²) < 4.78 is 4.93. The summed E-state index contributed by atoms with van der Waals surface area (Å²) in [6.45, 7) is 3.30. The van der Waals surface area contributed by atoms with Gasteiger partial charge in [-0.2, -0.15) is 11.8 Å². The van der Waals surface area contributed by atoms with Crippen LogP contribution in [0.3, 0.4) is 0 Å². The lowest BCUT2D eigenvalue weighted by atomic mass is 10.1. The molecule has 1 heterocycles. The van der Waals surface area contributed by atoms with Crippen LogP contribution in [-0.4, -0.2) is 43.7 Å². The van der Waals surface area contributed by atoms with Gasteiger partial charge in [-0.05, 0) is 44.8 Å². The van der Waals surface area contributed by atoms with E-state index in [0.717, 1.165) is 5.25 Å². The van der Waals surface area contributed by atoms with Crippen LogP contribution in [0.2, 0.25) is 0 Å². The van der Waals surface area contributed by atoms with Crippen molar-refractivity contribution in [1.82, 2.24) is 4.90 Å². The third kappa shape index (κ3) is 6.43. The minimum atomic E-state index is 0.709. The summed E-state index contributed by atoms with van der Waals surface area (Å²) in [6.07, 6.45) is 4.99. The Kier molecular flexibility index (Phi) is 8.14. The highest BCUT2D eigenvalue weighted by Gasteiger charge is 2.14. The van der Waals surface area contributed by atoms with Gasteiger partial charge in [-0.3, -0.25) is 0 Å². The van der Waals surface area contributed by atoms with E-state index < -0.39 is 0 Å². The fourth-order valence-corrected chi connectivity index (χ4v) is 2.64. The van der Waals surface area contributed by atoms with Crippen LogP contribution in [0.1, 0.15) is 18.4 Å². The number of rotatable bonds is 3. The number of likely N-dealkylation sites (tertiary alicyclic amines) is 1. The quantitative estimate of drug-likeness (QED) is 0.834. The molecule has 1 saturated heterocycles. The van der Waals surface area contributed by atoms with Crippen LogP contribution < -0.4 is 0 Å². The van der Waals surface area contributed by atoms with Crippen molar-refractivity contribution < 1.29 is 4.74 Å². The Balaban J connectivity index is 0.000000180. The van der Waals surface area contributed by atoms with E-state index in [1.807, 2.05) is 42.1 Å². The van der Waals surface area contributed by atoms with Crippen LogP contribution in [0.25, 0.3) is 0 Å². The van der Waals surface area contributed by atoms with E-state index in [4.69, 9.17) is 4.74 Å². The first-order valence-corrected chi connectivity index (χ1v) is 7.79. The maximum Gasteiger partial charge on any atom is 0.0713 e. The fraction of sp³-hybridized carbons (Fsp3) is 0.600. The molecule has 0 bridgehead atoms. The maximum atomic E-state index is 4.93. The van der Waals surface area contributed by atoms with Crippen molar-refractivity contribution in [1.29, 1.82) is 0 Å². The van der Waals surface area contributed by atoms with Crippen molar-refractivity contribution in [2.75, 3.05) is 33.5 Å². The summed E-state index contributed by atoms with van der Waals surface area (Å²) in [4.78, 5) is 2.41. The molecule has 0 amide bonds. The van der Waals surface area contributed by atoms with Gasteiger partial charge in [0.15, 0.2) is 0 Å². The van der Waals surface area contributed by atoms with E-state index in [1.165, 1.54) is 31.5 Å². The van der Waals surface area contributed by atoms with Crippen molar-refractivity contribution in [3.05, 3.63) is 35.9 Å². The van der Waals surface area contributed by atoms with E-state index in [-0.39, 0.29) is 0 Å². The second-order valence-electron chi connectivity index (χ2n) is 4.66. The minimum Gasteiger partial charge on any atom is -0.380 e. The van der Waals surface area contributed by atoms with Gasteiger partial charge in [0, 0.05) is 12.4 Å². The highest BCUT2D eigenvalue weighted by Crippen LogP contribution is 2.19. The number of piperidine rings is 1. The molecule has 1 aliphatic heterocycles. The highest BCUT2D eigenvalue weighted by molar-refractivity contribution is 7.99. The third-order valence-electron chi connectivity index (χ3n) is 3.15. The van der Waals surface area contributed by atoms with Gasteiger partial charge in [-0.15, -0.1) is 0 Å². The molecule has 1 aliphatic rings. The zero-order valence-electron chi connectivity index (χ0n) is 11.8. The lowest BCUT2D eigenvalue weighted by Crippen LogP contribution is -2.31. The predicted molar refractivity (Wildman–Crippen MR) is 81.2 cm³/mol. The molecule has 1 aromatic rings. The highest BCUT2D eigenvalue weighted by atomic mass is 32.2. The number of hydrogen-bond donors (Lipinski definition) is 0. The van der Waals surface area contributed by atoms with Gasteiger partial charge in [0.1, 0.15) is 0 Å². The van der Waals surface area contributed by atoms with Gasteiger partial charge in [0.05, 0.1) is 6.61 Å². The zero-order valence-corrected chi connectivity index (χ0v) is 12.6. The number of ether oxygens (including phenoxy) is 1. The number of methoxy groups -OCH3 is 1. The first-order chi connectivity index (χ1) is 8.76. The van der Waals surface area contributed by atoms with E-state index in [1.54, 1.807) is 7.11 Å². The van der Waals surface area contributed by atoms with Crippen LogP contribution in [-0.2, 0) is 11.3 Å². The molecule has 1 aromatic carbocycles. The second-order valence-corrected chi connectivity index (χ2v) is 5.80. The molecule has 18 heavy (non-hydrogen) atoms. The van der Waals surface area contributed by atoms with E-state index >= 15 is 0 Å². The summed E-state index contributed by atoms with van der Waals surface area (Å²) in [5.41, 5.74) is 1.22. The van der Waals surface area contributed by atoms with Crippen molar-refractivity contribution in [2.45, 2.75) is 24.7 Å². The Labute approximate surface area is 116 Å². The SMILES string of the molecule is COCc1ccccc1.CSC1CCN(C)CC1. The molecule has 0 spiro atoms. The molecule has 102 valence electrons. The number of benzene rings is 1. The summed E-state index contributed by atoms with van der Waals surface area (Å²) >= 11 is 2.02. The largest absolute Gasteiger partial charge is 0.380 e. The zero-order chi connectivity index (χ0) is 13.2. The first-order valence-electron chi connectivity index (χ1n) is 6.50. The molecule has 1 fully saturated rings. The average molecular weight is 267 g/mol. The number of hydrogen-bond acceptors (Lipinski definition) is 3. The molecule has 0 N–H and O–H groups in total. The van der Waals surface area contributed by atoms with Crippen LogP contribution in [0.15, 0.2) is 30.3 Å². The Morgan fingerprint density at radius 2 is 1.83 bits per heavy atom. The molecular weight excluding hydrogens is 242 g/mol. The normalized spacial score (nSPS) is 17.1.